The molecule has 0 saturated carbocycles. The van der Waals surface area contributed by atoms with Gasteiger partial charge < -0.3 is 4.90 Å². The molecule has 0 spiro atoms. The number of fused-ring (bicyclic) bond motifs is 1. The number of likely N-dealkylation sites (tertiary alicyclic amines) is 1. The lowest BCUT2D eigenvalue weighted by Crippen LogP contribution is -2.29. The maximum absolute atomic E-state index is 12.7. The molecule has 0 bridgehead atoms. The zero-order valence-electron chi connectivity index (χ0n) is 13.8. The summed E-state index contributed by atoms with van der Waals surface area (Å²) in [6.45, 7) is 5.29. The van der Waals surface area contributed by atoms with Gasteiger partial charge >= 0.3 is 0 Å². The van der Waals surface area contributed by atoms with Crippen molar-refractivity contribution in [3.8, 4) is 0 Å². The highest BCUT2D eigenvalue weighted by atomic mass is 16.2. The summed E-state index contributed by atoms with van der Waals surface area (Å²) < 4.78 is 1.63. The number of benzene rings is 1. The minimum absolute atomic E-state index is 0.115. The van der Waals surface area contributed by atoms with Gasteiger partial charge in [-0.2, -0.15) is 4.98 Å². The molecule has 1 aliphatic rings. The third-order valence-electron chi connectivity index (χ3n) is 4.56. The number of carbonyl (C=O) groups excluding carboxylic acids is 1. The molecule has 1 fully saturated rings. The zero-order chi connectivity index (χ0) is 16.7. The molecule has 1 atom stereocenters. The zero-order valence-corrected chi connectivity index (χ0v) is 13.8. The van der Waals surface area contributed by atoms with E-state index in [2.05, 4.69) is 27.2 Å². The van der Waals surface area contributed by atoms with Crippen molar-refractivity contribution in [3.05, 3.63) is 59.2 Å². The van der Waals surface area contributed by atoms with Gasteiger partial charge in [-0.1, -0.05) is 30.3 Å². The lowest BCUT2D eigenvalue weighted by atomic mass is 9.99. The fourth-order valence-corrected chi connectivity index (χ4v) is 3.34. The summed E-state index contributed by atoms with van der Waals surface area (Å²) in [7, 11) is 0. The van der Waals surface area contributed by atoms with Crippen LogP contribution < -0.4 is 0 Å². The summed E-state index contributed by atoms with van der Waals surface area (Å²) in [5.41, 5.74) is 3.08. The first-order chi connectivity index (χ1) is 11.6. The van der Waals surface area contributed by atoms with Crippen molar-refractivity contribution >= 4 is 11.7 Å². The first-order valence-electron chi connectivity index (χ1n) is 8.17. The van der Waals surface area contributed by atoms with E-state index < -0.39 is 0 Å². The summed E-state index contributed by atoms with van der Waals surface area (Å²) in [5.74, 6) is 0.977. The Hall–Kier alpha value is -2.76. The van der Waals surface area contributed by atoms with Crippen LogP contribution in [0.2, 0.25) is 0 Å². The number of nitrogens with zero attached hydrogens (tertiary/aromatic N) is 5. The van der Waals surface area contributed by atoms with Gasteiger partial charge in [-0.05, 0) is 31.9 Å². The molecule has 2 aromatic heterocycles. The van der Waals surface area contributed by atoms with Gasteiger partial charge in [0.25, 0.3) is 11.7 Å². The molecule has 1 saturated heterocycles. The first kappa shape index (κ1) is 14.8. The molecule has 0 N–H and O–H groups in total. The van der Waals surface area contributed by atoms with Crippen molar-refractivity contribution in [2.75, 3.05) is 13.1 Å². The molecule has 1 amide bonds. The van der Waals surface area contributed by atoms with E-state index in [0.717, 1.165) is 24.4 Å². The van der Waals surface area contributed by atoms with E-state index in [1.165, 1.54) is 5.56 Å². The third kappa shape index (κ3) is 2.54. The van der Waals surface area contributed by atoms with Crippen LogP contribution in [0.1, 0.15) is 39.9 Å². The quantitative estimate of drug-likeness (QED) is 0.727. The Balaban J connectivity index is 1.57. The Morgan fingerprint density at radius 2 is 1.96 bits per heavy atom. The summed E-state index contributed by atoms with van der Waals surface area (Å²) in [6.07, 6.45) is 0.972. The van der Waals surface area contributed by atoms with E-state index in [9.17, 15) is 4.79 Å². The van der Waals surface area contributed by atoms with Crippen LogP contribution in [0, 0.1) is 13.8 Å². The van der Waals surface area contributed by atoms with E-state index in [0.29, 0.717) is 18.2 Å². The molecule has 0 unspecified atom stereocenters. The number of aryl methyl sites for hydroxylation is 2. The number of hydrogen-bond acceptors (Lipinski definition) is 4. The topological polar surface area (TPSA) is 63.4 Å². The van der Waals surface area contributed by atoms with Gasteiger partial charge in [0.15, 0.2) is 0 Å². The van der Waals surface area contributed by atoms with E-state index in [1.807, 2.05) is 43.0 Å². The predicted octanol–water partition coefficient (Wildman–Crippen LogP) is 2.37. The van der Waals surface area contributed by atoms with Crippen LogP contribution in [0.15, 0.2) is 36.4 Å². The van der Waals surface area contributed by atoms with Crippen LogP contribution in [0.3, 0.4) is 0 Å². The number of carbonyl (C=O) groups is 1. The molecule has 1 aromatic carbocycles. The summed E-state index contributed by atoms with van der Waals surface area (Å²) in [4.78, 5) is 23.3. The molecule has 0 aliphatic carbocycles. The normalized spacial score (nSPS) is 17.6. The Bertz CT molecular complexity index is 902. The first-order valence-corrected chi connectivity index (χ1v) is 8.17. The summed E-state index contributed by atoms with van der Waals surface area (Å²) in [5, 5.41) is 4.35. The smallest absolute Gasteiger partial charge is 0.293 e. The highest BCUT2D eigenvalue weighted by Crippen LogP contribution is 2.27. The van der Waals surface area contributed by atoms with Gasteiger partial charge in [-0.15, -0.1) is 5.10 Å². The summed E-state index contributed by atoms with van der Waals surface area (Å²) >= 11 is 0. The fraction of sp³-hybridized carbons (Fsp3) is 0.333. The lowest BCUT2D eigenvalue weighted by molar-refractivity contribution is 0.0779. The second kappa shape index (κ2) is 5.70. The molecule has 122 valence electrons. The standard InChI is InChI=1S/C18H19N5O/c1-12-10-13(2)23-18(19-12)20-16(21-23)17(24)22-9-8-15(11-22)14-6-4-3-5-7-14/h3-7,10,15H,8-9,11H2,1-2H3/t15-/m1/s1. The van der Waals surface area contributed by atoms with Gasteiger partial charge in [-0.3, -0.25) is 4.79 Å². The van der Waals surface area contributed by atoms with Crippen molar-refractivity contribution in [1.29, 1.82) is 0 Å². The Kier molecular flexibility index (Phi) is 3.52. The molecule has 6 nitrogen and oxygen atoms in total. The monoisotopic (exact) mass is 321 g/mol. The van der Waals surface area contributed by atoms with Crippen LogP contribution >= 0.6 is 0 Å². The van der Waals surface area contributed by atoms with Crippen LogP contribution in [-0.2, 0) is 0 Å². The SMILES string of the molecule is Cc1cc(C)n2nc(C(=O)N3CC[C@@H](c4ccccc4)C3)nc2n1. The second-order valence-electron chi connectivity index (χ2n) is 6.33. The average molecular weight is 321 g/mol. The molecule has 1 aliphatic heterocycles. The number of aromatic nitrogens is 4. The second-order valence-corrected chi connectivity index (χ2v) is 6.33. The number of rotatable bonds is 2. The largest absolute Gasteiger partial charge is 0.335 e. The molecule has 24 heavy (non-hydrogen) atoms. The molecule has 3 aromatic rings. The molecule has 0 radical (unpaired) electrons. The van der Waals surface area contributed by atoms with Crippen LogP contribution in [0.4, 0.5) is 0 Å². The number of amides is 1. The van der Waals surface area contributed by atoms with Gasteiger partial charge in [0.1, 0.15) is 0 Å². The van der Waals surface area contributed by atoms with E-state index in [1.54, 1.807) is 4.52 Å². The minimum atomic E-state index is -0.115. The molecule has 6 heteroatoms. The molecule has 3 heterocycles. The van der Waals surface area contributed by atoms with Crippen LogP contribution in [-0.4, -0.2) is 43.5 Å². The van der Waals surface area contributed by atoms with Crippen molar-refractivity contribution in [1.82, 2.24) is 24.5 Å². The highest BCUT2D eigenvalue weighted by Gasteiger charge is 2.30. The molecular weight excluding hydrogens is 302 g/mol. The van der Waals surface area contributed by atoms with Gasteiger partial charge in [0.2, 0.25) is 5.82 Å². The van der Waals surface area contributed by atoms with Crippen molar-refractivity contribution in [2.24, 2.45) is 0 Å². The van der Waals surface area contributed by atoms with Crippen LogP contribution in [0.5, 0.6) is 0 Å². The highest BCUT2D eigenvalue weighted by molar-refractivity contribution is 5.91. The van der Waals surface area contributed by atoms with Crippen molar-refractivity contribution in [2.45, 2.75) is 26.2 Å². The predicted molar refractivity (Wildman–Crippen MR) is 90.0 cm³/mol. The Morgan fingerprint density at radius 3 is 2.75 bits per heavy atom. The van der Waals surface area contributed by atoms with Gasteiger partial charge in [-0.25, -0.2) is 9.50 Å². The Labute approximate surface area is 140 Å². The van der Waals surface area contributed by atoms with E-state index in [-0.39, 0.29) is 11.7 Å². The van der Waals surface area contributed by atoms with Crippen molar-refractivity contribution in [3.63, 3.8) is 0 Å². The fourth-order valence-electron chi connectivity index (χ4n) is 3.34. The maximum atomic E-state index is 12.7. The third-order valence-corrected chi connectivity index (χ3v) is 4.56. The Morgan fingerprint density at radius 1 is 1.17 bits per heavy atom. The minimum Gasteiger partial charge on any atom is -0.335 e. The average Bonchev–Trinajstić information content (AvgIpc) is 3.22. The summed E-state index contributed by atoms with van der Waals surface area (Å²) in [6, 6.07) is 12.3. The molecule has 4 rings (SSSR count). The lowest BCUT2D eigenvalue weighted by Gasteiger charge is -2.14. The van der Waals surface area contributed by atoms with Gasteiger partial charge in [0, 0.05) is 30.4 Å². The molecular formula is C18H19N5O. The maximum Gasteiger partial charge on any atom is 0.293 e. The number of hydrogen-bond donors (Lipinski definition) is 0. The van der Waals surface area contributed by atoms with Crippen molar-refractivity contribution < 1.29 is 4.79 Å². The van der Waals surface area contributed by atoms with Crippen LogP contribution in [0.25, 0.3) is 5.78 Å². The van der Waals surface area contributed by atoms with Gasteiger partial charge in [0.05, 0.1) is 0 Å². The van der Waals surface area contributed by atoms with E-state index in [4.69, 9.17) is 0 Å². The van der Waals surface area contributed by atoms with E-state index >= 15 is 0 Å².